The van der Waals surface area contributed by atoms with Crippen LogP contribution in [0, 0.1) is 22.0 Å². The fourth-order valence-electron chi connectivity index (χ4n) is 5.77. The highest BCUT2D eigenvalue weighted by Gasteiger charge is 2.30. The van der Waals surface area contributed by atoms with Crippen molar-refractivity contribution in [2.75, 3.05) is 49.1 Å². The van der Waals surface area contributed by atoms with E-state index in [4.69, 9.17) is 4.99 Å². The van der Waals surface area contributed by atoms with E-state index < -0.39 is 14.9 Å². The zero-order valence-electron chi connectivity index (χ0n) is 25.0. The summed E-state index contributed by atoms with van der Waals surface area (Å²) in [6.07, 6.45) is 7.67. The highest BCUT2D eigenvalue weighted by Crippen LogP contribution is 2.35. The fraction of sp³-hybridized carbons (Fsp3) is 0.581. The largest absolute Gasteiger partial charge is 0.370 e. The number of nitro benzene ring substituents is 1. The van der Waals surface area contributed by atoms with Crippen LogP contribution in [-0.4, -0.2) is 63.1 Å². The Bertz CT molecular complexity index is 1320. The van der Waals surface area contributed by atoms with Gasteiger partial charge in [-0.15, -0.1) is 0 Å². The van der Waals surface area contributed by atoms with Crippen LogP contribution in [0.1, 0.15) is 71.8 Å². The molecule has 0 amide bonds. The minimum absolute atomic E-state index is 0.00180. The Morgan fingerprint density at radius 1 is 0.902 bits per heavy atom. The van der Waals surface area contributed by atoms with E-state index in [0.29, 0.717) is 41.1 Å². The molecule has 0 spiro atoms. The highest BCUT2D eigenvalue weighted by molar-refractivity contribution is 7.89. The van der Waals surface area contributed by atoms with E-state index in [0.717, 1.165) is 76.1 Å². The van der Waals surface area contributed by atoms with Crippen LogP contribution in [0.3, 0.4) is 0 Å². The van der Waals surface area contributed by atoms with Gasteiger partial charge in [0.25, 0.3) is 5.69 Å². The number of nitrogens with zero attached hydrogens (tertiary/aromatic N) is 5. The third-order valence-electron chi connectivity index (χ3n) is 7.66. The van der Waals surface area contributed by atoms with Gasteiger partial charge >= 0.3 is 0 Å². The predicted octanol–water partition coefficient (Wildman–Crippen LogP) is 6.63. The summed E-state index contributed by atoms with van der Waals surface area (Å²) >= 11 is 0. The molecule has 2 saturated heterocycles. The van der Waals surface area contributed by atoms with Gasteiger partial charge in [0.15, 0.2) is 0 Å². The molecular weight excluding hydrogens is 538 g/mol. The number of hydrogen-bond donors (Lipinski definition) is 0. The van der Waals surface area contributed by atoms with Gasteiger partial charge in [-0.1, -0.05) is 34.1 Å². The number of benzene rings is 2. The number of rotatable bonds is 11. The van der Waals surface area contributed by atoms with Crippen LogP contribution in [0.4, 0.5) is 22.7 Å². The first kappa shape index (κ1) is 31.0. The molecule has 2 aliphatic rings. The van der Waals surface area contributed by atoms with Crippen molar-refractivity contribution in [2.45, 2.75) is 71.1 Å². The Morgan fingerprint density at radius 2 is 1.51 bits per heavy atom. The summed E-state index contributed by atoms with van der Waals surface area (Å²) in [7, 11) is -3.69. The first-order valence-corrected chi connectivity index (χ1v) is 16.5. The standard InChI is InChI=1S/C31H45N5O4S/c1-24(2)22-34(23-25(3)4)29-14-12-28(36(37)38)19-26(29)21-32-27-11-13-30(33-15-7-5-8-16-33)31(20-27)41(39,40)35-17-9-6-10-18-35/h11-14,19-21,24-25H,5-10,15-18,22-23H2,1-4H3. The van der Waals surface area contributed by atoms with E-state index in [2.05, 4.69) is 37.5 Å². The van der Waals surface area contributed by atoms with Crippen molar-refractivity contribution in [3.63, 3.8) is 0 Å². The van der Waals surface area contributed by atoms with Gasteiger partial charge in [-0.2, -0.15) is 4.31 Å². The quantitative estimate of drug-likeness (QED) is 0.167. The van der Waals surface area contributed by atoms with Gasteiger partial charge in [0, 0.05) is 68.9 Å². The van der Waals surface area contributed by atoms with Crippen LogP contribution >= 0.6 is 0 Å². The Labute approximate surface area is 245 Å². The highest BCUT2D eigenvalue weighted by atomic mass is 32.2. The third-order valence-corrected chi connectivity index (χ3v) is 9.59. The maximum Gasteiger partial charge on any atom is 0.270 e. The average molecular weight is 584 g/mol. The van der Waals surface area contributed by atoms with Gasteiger partial charge in [-0.05, 0) is 68.2 Å². The molecule has 0 aromatic heterocycles. The van der Waals surface area contributed by atoms with E-state index in [9.17, 15) is 18.5 Å². The Balaban J connectivity index is 1.76. The van der Waals surface area contributed by atoms with Crippen molar-refractivity contribution in [1.82, 2.24) is 4.31 Å². The molecule has 224 valence electrons. The number of non-ortho nitro benzene ring substituents is 1. The first-order chi connectivity index (χ1) is 19.6. The molecule has 0 unspecified atom stereocenters. The van der Waals surface area contributed by atoms with Crippen LogP contribution in [0.5, 0.6) is 0 Å². The molecular formula is C31H45N5O4S. The van der Waals surface area contributed by atoms with Crippen molar-refractivity contribution in [3.8, 4) is 0 Å². The Morgan fingerprint density at radius 3 is 2.10 bits per heavy atom. The van der Waals surface area contributed by atoms with Gasteiger partial charge in [0.1, 0.15) is 4.90 Å². The molecule has 9 nitrogen and oxygen atoms in total. The zero-order valence-corrected chi connectivity index (χ0v) is 25.8. The monoisotopic (exact) mass is 583 g/mol. The molecule has 2 aromatic rings. The molecule has 10 heteroatoms. The van der Waals surface area contributed by atoms with Gasteiger partial charge < -0.3 is 9.80 Å². The van der Waals surface area contributed by atoms with E-state index in [1.165, 1.54) is 6.07 Å². The maximum atomic E-state index is 13.9. The number of sulfonamides is 1. The predicted molar refractivity (Wildman–Crippen MR) is 167 cm³/mol. The molecule has 0 radical (unpaired) electrons. The Kier molecular flexibility index (Phi) is 10.4. The lowest BCUT2D eigenvalue weighted by Gasteiger charge is -2.32. The van der Waals surface area contributed by atoms with Crippen LogP contribution in [-0.2, 0) is 10.0 Å². The normalized spacial score (nSPS) is 17.1. The van der Waals surface area contributed by atoms with E-state index >= 15 is 0 Å². The van der Waals surface area contributed by atoms with Crippen molar-refractivity contribution >= 4 is 39.0 Å². The summed E-state index contributed by atoms with van der Waals surface area (Å²) in [6.45, 7) is 13.0. The molecule has 0 atom stereocenters. The van der Waals surface area contributed by atoms with Gasteiger partial charge in [0.05, 0.1) is 16.3 Å². The van der Waals surface area contributed by atoms with Crippen LogP contribution < -0.4 is 9.80 Å². The van der Waals surface area contributed by atoms with Crippen LogP contribution in [0.2, 0.25) is 0 Å². The van der Waals surface area contributed by atoms with E-state index in [-0.39, 0.29) is 5.69 Å². The molecule has 0 aliphatic carbocycles. The number of anilines is 2. The minimum Gasteiger partial charge on any atom is -0.370 e. The molecule has 2 aromatic carbocycles. The second-order valence-electron chi connectivity index (χ2n) is 12.1. The minimum atomic E-state index is -3.69. The average Bonchev–Trinajstić information content (AvgIpc) is 2.96. The topological polar surface area (TPSA) is 99.4 Å². The smallest absolute Gasteiger partial charge is 0.270 e. The summed E-state index contributed by atoms with van der Waals surface area (Å²) < 4.78 is 29.4. The number of nitro groups is 1. The molecule has 0 saturated carbocycles. The van der Waals surface area contributed by atoms with Crippen molar-refractivity contribution in [3.05, 3.63) is 52.1 Å². The van der Waals surface area contributed by atoms with Crippen LogP contribution in [0.25, 0.3) is 0 Å². The fourth-order valence-corrected chi connectivity index (χ4v) is 7.52. The Hall–Kier alpha value is -2.98. The van der Waals surface area contributed by atoms with Crippen molar-refractivity contribution in [1.29, 1.82) is 0 Å². The number of piperidine rings is 2. The van der Waals surface area contributed by atoms with Gasteiger partial charge in [-0.25, -0.2) is 8.42 Å². The second-order valence-corrected chi connectivity index (χ2v) is 14.0. The van der Waals surface area contributed by atoms with Gasteiger partial charge in [0.2, 0.25) is 10.0 Å². The maximum absolute atomic E-state index is 13.9. The van der Waals surface area contributed by atoms with E-state index in [1.54, 1.807) is 28.7 Å². The molecule has 0 N–H and O–H groups in total. The first-order valence-electron chi connectivity index (χ1n) is 15.0. The van der Waals surface area contributed by atoms with Gasteiger partial charge in [-0.3, -0.25) is 15.1 Å². The third kappa shape index (κ3) is 7.86. The molecule has 0 bridgehead atoms. The molecule has 4 rings (SSSR count). The lowest BCUT2D eigenvalue weighted by Crippen LogP contribution is -2.37. The van der Waals surface area contributed by atoms with Crippen molar-refractivity contribution < 1.29 is 13.3 Å². The molecule has 41 heavy (non-hydrogen) atoms. The van der Waals surface area contributed by atoms with Crippen LogP contribution in [0.15, 0.2) is 46.3 Å². The summed E-state index contributed by atoms with van der Waals surface area (Å²) in [5.74, 6) is 0.803. The lowest BCUT2D eigenvalue weighted by atomic mass is 10.1. The summed E-state index contributed by atoms with van der Waals surface area (Å²) in [5, 5.41) is 11.6. The molecule has 2 fully saturated rings. The summed E-state index contributed by atoms with van der Waals surface area (Å²) in [5.41, 5.74) is 2.77. The number of aliphatic imine (C=N–C) groups is 1. The van der Waals surface area contributed by atoms with E-state index in [1.807, 2.05) is 12.1 Å². The van der Waals surface area contributed by atoms with Crippen molar-refractivity contribution in [2.24, 2.45) is 16.8 Å². The summed E-state index contributed by atoms with van der Waals surface area (Å²) in [6, 6.07) is 10.3. The summed E-state index contributed by atoms with van der Waals surface area (Å²) in [4.78, 5) is 20.7. The second kappa shape index (κ2) is 13.8. The molecule has 2 aliphatic heterocycles. The SMILES string of the molecule is CC(C)CN(CC(C)C)c1ccc([N+](=O)[O-])cc1C=Nc1ccc(N2CCCCC2)c(S(=O)(=O)N2CCCCC2)c1. The lowest BCUT2D eigenvalue weighted by molar-refractivity contribution is -0.384. The number of hydrogen-bond acceptors (Lipinski definition) is 7. The molecule has 2 heterocycles. The zero-order chi connectivity index (χ0) is 29.6.